The van der Waals surface area contributed by atoms with Crippen LogP contribution >= 0.6 is 0 Å². The molecule has 11 heavy (non-hydrogen) atoms. The highest BCUT2D eigenvalue weighted by molar-refractivity contribution is 5.98. The van der Waals surface area contributed by atoms with Gasteiger partial charge in [-0.1, -0.05) is 0 Å². The molecule has 1 heterocycles. The zero-order valence-electron chi connectivity index (χ0n) is 5.45. The van der Waals surface area contributed by atoms with Gasteiger partial charge in [0, 0.05) is 0 Å². The largest absolute Gasteiger partial charge is 0.461 e. The van der Waals surface area contributed by atoms with Gasteiger partial charge >= 0.3 is 0 Å². The minimum Gasteiger partial charge on any atom is -0.461 e. The van der Waals surface area contributed by atoms with Crippen molar-refractivity contribution >= 4 is 5.78 Å². The summed E-state index contributed by atoms with van der Waals surface area (Å²) in [6, 6.07) is 3.94. The van der Waals surface area contributed by atoms with Crippen molar-refractivity contribution < 1.29 is 13.6 Å². The van der Waals surface area contributed by atoms with E-state index in [1.54, 1.807) is 0 Å². The molecule has 56 valence electrons. The number of ketones is 1. The molecule has 0 amide bonds. The lowest BCUT2D eigenvalue weighted by Crippen LogP contribution is -2.12. The Bertz CT molecular complexity index is 286. The molecule has 0 aliphatic heterocycles. The lowest BCUT2D eigenvalue weighted by molar-refractivity contribution is 0.0890. The van der Waals surface area contributed by atoms with Crippen LogP contribution in [0, 0.1) is 11.3 Å². The van der Waals surface area contributed by atoms with Crippen molar-refractivity contribution in [1.82, 2.24) is 0 Å². The summed E-state index contributed by atoms with van der Waals surface area (Å²) in [6.45, 7) is 0. The van der Waals surface area contributed by atoms with Gasteiger partial charge in [0.25, 0.3) is 6.17 Å². The molecule has 0 aliphatic rings. The van der Waals surface area contributed by atoms with Gasteiger partial charge in [-0.25, -0.2) is 4.39 Å². The third kappa shape index (κ3) is 1.44. The van der Waals surface area contributed by atoms with Crippen LogP contribution in [0.1, 0.15) is 10.6 Å². The van der Waals surface area contributed by atoms with Crippen LogP contribution in [0.3, 0.4) is 0 Å². The summed E-state index contributed by atoms with van der Waals surface area (Å²) in [6.07, 6.45) is -0.877. The van der Waals surface area contributed by atoms with E-state index in [0.717, 1.165) is 0 Å². The Morgan fingerprint density at radius 2 is 2.55 bits per heavy atom. The number of hydrogen-bond donors (Lipinski definition) is 0. The first-order chi connectivity index (χ1) is 5.25. The SMILES string of the molecule is N#C[C@@H](F)C(=O)c1ccco1. The Labute approximate surface area is 62.0 Å². The Morgan fingerprint density at radius 1 is 1.82 bits per heavy atom. The second-order valence-electron chi connectivity index (χ2n) is 1.83. The number of rotatable bonds is 2. The normalized spacial score (nSPS) is 12.0. The van der Waals surface area contributed by atoms with Gasteiger partial charge in [-0.15, -0.1) is 0 Å². The van der Waals surface area contributed by atoms with Crippen LogP contribution in [-0.4, -0.2) is 12.0 Å². The lowest BCUT2D eigenvalue weighted by Gasteiger charge is -1.91. The molecular weight excluding hydrogens is 149 g/mol. The zero-order valence-corrected chi connectivity index (χ0v) is 5.45. The smallest absolute Gasteiger partial charge is 0.251 e. The molecule has 4 heteroatoms. The number of furan rings is 1. The number of Topliss-reactive ketones (excluding diaryl/α,β-unsaturated/α-hetero) is 1. The molecule has 0 bridgehead atoms. The van der Waals surface area contributed by atoms with Crippen LogP contribution in [0.4, 0.5) is 4.39 Å². The van der Waals surface area contributed by atoms with E-state index in [0.29, 0.717) is 0 Å². The zero-order chi connectivity index (χ0) is 8.27. The molecular formula is C7H4FNO2. The molecule has 1 aromatic rings. The maximum atomic E-state index is 12.3. The van der Waals surface area contributed by atoms with E-state index < -0.39 is 12.0 Å². The van der Waals surface area contributed by atoms with Gasteiger partial charge in [0.2, 0.25) is 5.78 Å². The van der Waals surface area contributed by atoms with Gasteiger partial charge in [-0.3, -0.25) is 4.79 Å². The molecule has 0 aromatic carbocycles. The Balaban J connectivity index is 2.81. The number of hydrogen-bond acceptors (Lipinski definition) is 3. The summed E-state index contributed by atoms with van der Waals surface area (Å²) >= 11 is 0. The molecule has 1 atom stereocenters. The Hall–Kier alpha value is -1.63. The van der Waals surface area contributed by atoms with Gasteiger partial charge in [0.15, 0.2) is 5.76 Å². The number of alkyl halides is 1. The summed E-state index contributed by atoms with van der Waals surface area (Å²) in [5, 5.41) is 8.02. The predicted molar refractivity (Wildman–Crippen MR) is 33.5 cm³/mol. The molecule has 0 spiro atoms. The second kappa shape index (κ2) is 2.97. The quantitative estimate of drug-likeness (QED) is 0.602. The summed E-state index contributed by atoms with van der Waals surface area (Å²) < 4.78 is 16.9. The minimum atomic E-state index is -2.12. The van der Waals surface area contributed by atoms with Crippen molar-refractivity contribution in [2.75, 3.05) is 0 Å². The number of carbonyl (C=O) groups is 1. The first-order valence-corrected chi connectivity index (χ1v) is 2.87. The van der Waals surface area contributed by atoms with E-state index in [4.69, 9.17) is 5.26 Å². The molecule has 0 saturated heterocycles. The van der Waals surface area contributed by atoms with Crippen LogP contribution in [0.2, 0.25) is 0 Å². The van der Waals surface area contributed by atoms with Crippen LogP contribution in [0.25, 0.3) is 0 Å². The van der Waals surface area contributed by atoms with E-state index in [9.17, 15) is 9.18 Å². The molecule has 0 fully saturated rings. The Kier molecular flexibility index (Phi) is 2.02. The maximum absolute atomic E-state index is 12.3. The van der Waals surface area contributed by atoms with Crippen LogP contribution in [-0.2, 0) is 0 Å². The van der Waals surface area contributed by atoms with E-state index >= 15 is 0 Å². The number of carbonyl (C=O) groups excluding carboxylic acids is 1. The fourth-order valence-corrected chi connectivity index (χ4v) is 0.602. The van der Waals surface area contributed by atoms with E-state index in [2.05, 4.69) is 4.42 Å². The topological polar surface area (TPSA) is 54.0 Å². The van der Waals surface area contributed by atoms with Crippen molar-refractivity contribution in [3.63, 3.8) is 0 Å². The monoisotopic (exact) mass is 153 g/mol. The first kappa shape index (κ1) is 7.48. The summed E-state index contributed by atoms with van der Waals surface area (Å²) in [5.41, 5.74) is 0. The number of nitriles is 1. The van der Waals surface area contributed by atoms with Gasteiger partial charge in [0.05, 0.1) is 6.26 Å². The van der Waals surface area contributed by atoms with Crippen molar-refractivity contribution in [1.29, 1.82) is 5.26 Å². The van der Waals surface area contributed by atoms with Gasteiger partial charge in [0.1, 0.15) is 6.07 Å². The van der Waals surface area contributed by atoms with Gasteiger partial charge in [-0.05, 0) is 12.1 Å². The average molecular weight is 153 g/mol. The first-order valence-electron chi connectivity index (χ1n) is 2.87. The Morgan fingerprint density at radius 3 is 3.00 bits per heavy atom. The lowest BCUT2D eigenvalue weighted by atomic mass is 10.2. The molecule has 0 saturated carbocycles. The summed E-state index contributed by atoms with van der Waals surface area (Å²) in [4.78, 5) is 10.7. The molecule has 1 rings (SSSR count). The molecule has 0 aliphatic carbocycles. The van der Waals surface area contributed by atoms with Crippen molar-refractivity contribution in [2.24, 2.45) is 0 Å². The van der Waals surface area contributed by atoms with Crippen LogP contribution < -0.4 is 0 Å². The van der Waals surface area contributed by atoms with E-state index in [1.807, 2.05) is 0 Å². The average Bonchev–Trinajstić information content (AvgIpc) is 2.53. The molecule has 3 nitrogen and oxygen atoms in total. The van der Waals surface area contributed by atoms with Gasteiger partial charge in [-0.2, -0.15) is 5.26 Å². The van der Waals surface area contributed by atoms with Crippen LogP contribution in [0.15, 0.2) is 22.8 Å². The van der Waals surface area contributed by atoms with E-state index in [-0.39, 0.29) is 5.76 Å². The fourth-order valence-electron chi connectivity index (χ4n) is 0.602. The van der Waals surface area contributed by atoms with Crippen molar-refractivity contribution in [3.05, 3.63) is 24.2 Å². The highest BCUT2D eigenvalue weighted by Crippen LogP contribution is 2.05. The van der Waals surface area contributed by atoms with E-state index in [1.165, 1.54) is 24.5 Å². The molecule has 0 unspecified atom stereocenters. The molecule has 0 radical (unpaired) electrons. The van der Waals surface area contributed by atoms with Crippen molar-refractivity contribution in [3.8, 4) is 6.07 Å². The second-order valence-corrected chi connectivity index (χ2v) is 1.83. The minimum absolute atomic E-state index is 0.126. The van der Waals surface area contributed by atoms with Gasteiger partial charge < -0.3 is 4.42 Å². The molecule has 1 aromatic heterocycles. The standard InChI is InChI=1S/C7H4FNO2/c8-5(4-9)7(10)6-2-1-3-11-6/h1-3,5H/t5-/m1/s1. The molecule has 0 N–H and O–H groups in total. The highest BCUT2D eigenvalue weighted by atomic mass is 19.1. The number of nitrogens with zero attached hydrogens (tertiary/aromatic N) is 1. The third-order valence-corrected chi connectivity index (χ3v) is 1.11. The maximum Gasteiger partial charge on any atom is 0.251 e. The highest BCUT2D eigenvalue weighted by Gasteiger charge is 2.20. The fraction of sp³-hybridized carbons (Fsp3) is 0.143. The third-order valence-electron chi connectivity index (χ3n) is 1.11. The van der Waals surface area contributed by atoms with Crippen molar-refractivity contribution in [2.45, 2.75) is 6.17 Å². The van der Waals surface area contributed by atoms with Crippen LogP contribution in [0.5, 0.6) is 0 Å². The predicted octanol–water partition coefficient (Wildman–Crippen LogP) is 1.32. The number of halogens is 1. The summed E-state index contributed by atoms with van der Waals surface area (Å²) in [7, 11) is 0. The summed E-state index contributed by atoms with van der Waals surface area (Å²) in [5.74, 6) is -1.06.